The average Bonchev–Trinajstić information content (AvgIpc) is 2.98. The number of nitrogens with zero attached hydrogens (tertiary/aromatic N) is 2. The number of aryl methyl sites for hydroxylation is 3. The molecule has 92 valence electrons. The Bertz CT molecular complexity index is 425. The lowest BCUT2D eigenvalue weighted by Crippen LogP contribution is -2.01. The van der Waals surface area contributed by atoms with E-state index in [0.29, 0.717) is 6.54 Å². The lowest BCUT2D eigenvalue weighted by Gasteiger charge is -1.93. The van der Waals surface area contributed by atoms with Gasteiger partial charge in [-0.05, 0) is 37.3 Å². The number of hydrogen-bond donors (Lipinski definition) is 1. The van der Waals surface area contributed by atoms with Crippen molar-refractivity contribution in [2.75, 3.05) is 6.54 Å². The second-order valence-corrected chi connectivity index (χ2v) is 4.96. The molecule has 0 fully saturated rings. The van der Waals surface area contributed by atoms with Gasteiger partial charge in [0, 0.05) is 17.7 Å². The van der Waals surface area contributed by atoms with Gasteiger partial charge in [-0.2, -0.15) is 4.98 Å². The Balaban J connectivity index is 1.73. The molecule has 0 aromatic carbocycles. The smallest absolute Gasteiger partial charge is 0.226 e. The zero-order valence-corrected chi connectivity index (χ0v) is 10.6. The molecule has 2 rings (SSSR count). The highest BCUT2D eigenvalue weighted by molar-refractivity contribution is 7.09. The summed E-state index contributed by atoms with van der Waals surface area (Å²) in [5, 5.41) is 6.03. The lowest BCUT2D eigenvalue weighted by molar-refractivity contribution is 0.370. The SMILES string of the molecule is NCCCc1noc(CCCc2cccs2)n1. The number of thiophene rings is 1. The fourth-order valence-corrected chi connectivity index (χ4v) is 2.37. The van der Waals surface area contributed by atoms with Crippen LogP contribution in [-0.4, -0.2) is 16.7 Å². The van der Waals surface area contributed by atoms with Crippen molar-refractivity contribution in [3.8, 4) is 0 Å². The first kappa shape index (κ1) is 12.3. The summed E-state index contributed by atoms with van der Waals surface area (Å²) in [5.74, 6) is 1.52. The minimum Gasteiger partial charge on any atom is -0.339 e. The van der Waals surface area contributed by atoms with Gasteiger partial charge in [-0.15, -0.1) is 11.3 Å². The fourth-order valence-electron chi connectivity index (χ4n) is 1.62. The molecule has 0 amide bonds. The van der Waals surface area contributed by atoms with E-state index in [0.717, 1.165) is 43.8 Å². The first-order valence-electron chi connectivity index (χ1n) is 5.92. The molecule has 2 aromatic rings. The molecule has 0 radical (unpaired) electrons. The number of hydrogen-bond acceptors (Lipinski definition) is 5. The van der Waals surface area contributed by atoms with Crippen LogP contribution in [0.4, 0.5) is 0 Å². The van der Waals surface area contributed by atoms with Gasteiger partial charge < -0.3 is 10.3 Å². The van der Waals surface area contributed by atoms with E-state index in [1.54, 1.807) is 11.3 Å². The molecule has 0 aliphatic carbocycles. The van der Waals surface area contributed by atoms with Crippen LogP contribution in [-0.2, 0) is 19.3 Å². The Morgan fingerprint density at radius 1 is 1.24 bits per heavy atom. The third-order valence-electron chi connectivity index (χ3n) is 2.51. The first-order chi connectivity index (χ1) is 8.38. The Morgan fingerprint density at radius 2 is 2.18 bits per heavy atom. The van der Waals surface area contributed by atoms with Gasteiger partial charge in [-0.3, -0.25) is 0 Å². The van der Waals surface area contributed by atoms with Crippen LogP contribution in [0, 0.1) is 0 Å². The minimum absolute atomic E-state index is 0.669. The maximum atomic E-state index is 5.43. The normalized spacial score (nSPS) is 10.9. The minimum atomic E-state index is 0.669. The molecule has 17 heavy (non-hydrogen) atoms. The summed E-state index contributed by atoms with van der Waals surface area (Å²) in [6.07, 6.45) is 4.71. The summed E-state index contributed by atoms with van der Waals surface area (Å²) in [6, 6.07) is 4.24. The van der Waals surface area contributed by atoms with E-state index >= 15 is 0 Å². The van der Waals surface area contributed by atoms with E-state index in [1.165, 1.54) is 4.88 Å². The summed E-state index contributed by atoms with van der Waals surface area (Å²) in [4.78, 5) is 5.75. The number of rotatable bonds is 7. The monoisotopic (exact) mass is 251 g/mol. The summed E-state index contributed by atoms with van der Waals surface area (Å²) in [6.45, 7) is 0.669. The quantitative estimate of drug-likeness (QED) is 0.819. The van der Waals surface area contributed by atoms with Gasteiger partial charge in [0.2, 0.25) is 5.89 Å². The van der Waals surface area contributed by atoms with Gasteiger partial charge in [0.25, 0.3) is 0 Å². The van der Waals surface area contributed by atoms with Crippen LogP contribution in [0.1, 0.15) is 29.4 Å². The zero-order valence-electron chi connectivity index (χ0n) is 9.76. The summed E-state index contributed by atoms with van der Waals surface area (Å²) in [7, 11) is 0. The highest BCUT2D eigenvalue weighted by Gasteiger charge is 2.05. The summed E-state index contributed by atoms with van der Waals surface area (Å²) in [5.41, 5.74) is 5.43. The van der Waals surface area contributed by atoms with Crippen molar-refractivity contribution in [1.29, 1.82) is 0 Å². The highest BCUT2D eigenvalue weighted by atomic mass is 32.1. The number of aromatic nitrogens is 2. The fraction of sp³-hybridized carbons (Fsp3) is 0.500. The van der Waals surface area contributed by atoms with Gasteiger partial charge >= 0.3 is 0 Å². The number of nitrogens with two attached hydrogens (primary N) is 1. The summed E-state index contributed by atoms with van der Waals surface area (Å²) < 4.78 is 5.18. The molecular weight excluding hydrogens is 234 g/mol. The molecule has 0 saturated carbocycles. The molecule has 2 heterocycles. The van der Waals surface area contributed by atoms with E-state index in [2.05, 4.69) is 27.7 Å². The van der Waals surface area contributed by atoms with Gasteiger partial charge in [-0.25, -0.2) is 0 Å². The highest BCUT2D eigenvalue weighted by Crippen LogP contribution is 2.12. The zero-order chi connectivity index (χ0) is 11.9. The predicted molar refractivity (Wildman–Crippen MR) is 68.0 cm³/mol. The molecule has 0 unspecified atom stereocenters. The molecule has 0 atom stereocenters. The Hall–Kier alpha value is -1.20. The van der Waals surface area contributed by atoms with Crippen molar-refractivity contribution >= 4 is 11.3 Å². The van der Waals surface area contributed by atoms with Crippen molar-refractivity contribution in [3.05, 3.63) is 34.1 Å². The second-order valence-electron chi connectivity index (χ2n) is 3.93. The van der Waals surface area contributed by atoms with Crippen LogP contribution in [0.25, 0.3) is 0 Å². The van der Waals surface area contributed by atoms with Gasteiger partial charge in [0.05, 0.1) is 0 Å². The average molecular weight is 251 g/mol. The van der Waals surface area contributed by atoms with Crippen LogP contribution in [0.3, 0.4) is 0 Å². The second kappa shape index (κ2) is 6.51. The van der Waals surface area contributed by atoms with E-state index in [9.17, 15) is 0 Å². The van der Waals surface area contributed by atoms with E-state index in [-0.39, 0.29) is 0 Å². The molecule has 0 aliphatic rings. The van der Waals surface area contributed by atoms with Gasteiger partial charge in [0.15, 0.2) is 5.82 Å². The van der Waals surface area contributed by atoms with Crippen molar-refractivity contribution in [2.45, 2.75) is 32.1 Å². The molecular formula is C12H17N3OS. The van der Waals surface area contributed by atoms with E-state index in [1.807, 2.05) is 0 Å². The maximum absolute atomic E-state index is 5.43. The molecule has 0 saturated heterocycles. The molecule has 2 N–H and O–H groups in total. The van der Waals surface area contributed by atoms with Crippen LogP contribution < -0.4 is 5.73 Å². The lowest BCUT2D eigenvalue weighted by atomic mass is 10.2. The maximum Gasteiger partial charge on any atom is 0.226 e. The van der Waals surface area contributed by atoms with E-state index in [4.69, 9.17) is 10.3 Å². The van der Waals surface area contributed by atoms with E-state index < -0.39 is 0 Å². The molecule has 0 aliphatic heterocycles. The van der Waals surface area contributed by atoms with Crippen molar-refractivity contribution in [2.24, 2.45) is 5.73 Å². The van der Waals surface area contributed by atoms with Crippen LogP contribution >= 0.6 is 11.3 Å². The Morgan fingerprint density at radius 3 is 2.94 bits per heavy atom. The largest absolute Gasteiger partial charge is 0.339 e. The topological polar surface area (TPSA) is 64.9 Å². The van der Waals surface area contributed by atoms with Crippen LogP contribution in [0.2, 0.25) is 0 Å². The molecule has 0 spiro atoms. The Kier molecular flexibility index (Phi) is 4.70. The van der Waals surface area contributed by atoms with Crippen LogP contribution in [0.15, 0.2) is 22.0 Å². The Labute approximate surface area is 105 Å². The first-order valence-corrected chi connectivity index (χ1v) is 6.80. The standard InChI is InChI=1S/C12H17N3OS/c13-8-2-6-11-14-12(16-15-11)7-1-4-10-5-3-9-17-10/h3,5,9H,1-2,4,6-8,13H2. The summed E-state index contributed by atoms with van der Waals surface area (Å²) >= 11 is 1.79. The van der Waals surface area contributed by atoms with Crippen LogP contribution in [0.5, 0.6) is 0 Å². The van der Waals surface area contributed by atoms with Crippen molar-refractivity contribution in [1.82, 2.24) is 10.1 Å². The van der Waals surface area contributed by atoms with Gasteiger partial charge in [0.1, 0.15) is 0 Å². The molecule has 2 aromatic heterocycles. The third-order valence-corrected chi connectivity index (χ3v) is 3.44. The molecule has 0 bridgehead atoms. The molecule has 5 heteroatoms. The predicted octanol–water partition coefficient (Wildman–Crippen LogP) is 2.20. The van der Waals surface area contributed by atoms with Gasteiger partial charge in [-0.1, -0.05) is 11.2 Å². The van der Waals surface area contributed by atoms with Crippen molar-refractivity contribution in [3.63, 3.8) is 0 Å². The van der Waals surface area contributed by atoms with Crippen molar-refractivity contribution < 1.29 is 4.52 Å². The third kappa shape index (κ3) is 3.94. The molecule has 4 nitrogen and oxygen atoms in total.